The quantitative estimate of drug-likeness (QED) is 0.858. The summed E-state index contributed by atoms with van der Waals surface area (Å²) < 4.78 is 5.33. The smallest absolute Gasteiger partial charge is 0.295 e. The fourth-order valence-electron chi connectivity index (χ4n) is 2.86. The van der Waals surface area contributed by atoms with Crippen LogP contribution in [0.5, 0.6) is 5.75 Å². The first kappa shape index (κ1) is 16.1. The van der Waals surface area contributed by atoms with E-state index in [0.717, 1.165) is 16.8 Å². The molecule has 124 valence electrons. The molecule has 1 aliphatic rings. The van der Waals surface area contributed by atoms with Gasteiger partial charge in [-0.05, 0) is 55.2 Å². The zero-order valence-corrected chi connectivity index (χ0v) is 14.2. The molecular weight excluding hydrogens is 304 g/mol. The lowest BCUT2D eigenvalue weighted by Crippen LogP contribution is -2.25. The molecule has 0 saturated heterocycles. The van der Waals surface area contributed by atoms with Crippen LogP contribution in [0.4, 0.5) is 5.69 Å². The topological polar surface area (TPSA) is 66.0 Å². The summed E-state index contributed by atoms with van der Waals surface area (Å²) in [4.78, 5) is 18.2. The van der Waals surface area contributed by atoms with Crippen molar-refractivity contribution in [3.63, 3.8) is 0 Å². The summed E-state index contributed by atoms with van der Waals surface area (Å²) >= 11 is 0. The number of carbonyl (C=O) groups is 1. The summed E-state index contributed by atoms with van der Waals surface area (Å²) in [6.45, 7) is 7.73. The van der Waals surface area contributed by atoms with Gasteiger partial charge in [0.1, 0.15) is 23.0 Å². The predicted molar refractivity (Wildman–Crippen MR) is 94.2 cm³/mol. The molecule has 0 saturated carbocycles. The van der Waals surface area contributed by atoms with Gasteiger partial charge in [0.15, 0.2) is 0 Å². The number of aryl methyl sites for hydroxylation is 1. The van der Waals surface area contributed by atoms with E-state index in [4.69, 9.17) is 4.42 Å². The van der Waals surface area contributed by atoms with Crippen molar-refractivity contribution in [2.75, 3.05) is 4.90 Å². The highest BCUT2D eigenvalue weighted by atomic mass is 16.3. The van der Waals surface area contributed by atoms with Gasteiger partial charge in [-0.1, -0.05) is 13.8 Å². The highest BCUT2D eigenvalue weighted by Crippen LogP contribution is 2.36. The molecule has 0 unspecified atom stereocenters. The molecule has 5 heteroatoms. The van der Waals surface area contributed by atoms with Gasteiger partial charge < -0.3 is 9.52 Å². The van der Waals surface area contributed by atoms with Crippen molar-refractivity contribution in [3.05, 3.63) is 53.1 Å². The second-order valence-electron chi connectivity index (χ2n) is 6.20. The lowest BCUT2D eigenvalue weighted by Gasteiger charge is -2.23. The van der Waals surface area contributed by atoms with Gasteiger partial charge in [0.2, 0.25) is 0 Å². The van der Waals surface area contributed by atoms with Gasteiger partial charge in [-0.2, -0.15) is 4.99 Å². The Morgan fingerprint density at radius 1 is 1.29 bits per heavy atom. The van der Waals surface area contributed by atoms with Crippen LogP contribution in [0.2, 0.25) is 0 Å². The molecule has 1 amide bonds. The molecular formula is C19H20N2O3. The number of aliphatic imine (C=N–C) groups is 1. The summed E-state index contributed by atoms with van der Waals surface area (Å²) in [5, 5.41) is 10.2. The zero-order valence-electron chi connectivity index (χ0n) is 14.2. The fraction of sp³-hybridized carbons (Fsp3) is 0.263. The van der Waals surface area contributed by atoms with Crippen LogP contribution < -0.4 is 4.90 Å². The summed E-state index contributed by atoms with van der Waals surface area (Å²) in [5.41, 5.74) is 2.97. The minimum atomic E-state index is -0.303. The Bertz CT molecular complexity index is 846. The molecule has 0 atom stereocenters. The lowest BCUT2D eigenvalue weighted by atomic mass is 9.98. The van der Waals surface area contributed by atoms with Gasteiger partial charge in [0.25, 0.3) is 5.91 Å². The summed E-state index contributed by atoms with van der Waals surface area (Å²) in [6.07, 6.45) is 3.25. The van der Waals surface area contributed by atoms with Gasteiger partial charge in [-0.3, -0.25) is 9.69 Å². The second kappa shape index (κ2) is 6.00. The van der Waals surface area contributed by atoms with Crippen LogP contribution in [0, 0.1) is 6.92 Å². The largest absolute Gasteiger partial charge is 0.508 e. The summed E-state index contributed by atoms with van der Waals surface area (Å²) in [6, 6.07) is 7.20. The van der Waals surface area contributed by atoms with E-state index in [1.807, 2.05) is 31.7 Å². The molecule has 1 aliphatic heterocycles. The average molecular weight is 324 g/mol. The molecule has 2 aromatic rings. The number of amides is 1. The normalized spacial score (nSPS) is 16.4. The van der Waals surface area contributed by atoms with E-state index >= 15 is 0 Å². The Hall–Kier alpha value is -2.82. The number of aromatic hydroxyl groups is 1. The number of carbonyl (C=O) groups excluding carboxylic acids is 1. The first-order valence-electron chi connectivity index (χ1n) is 7.87. The van der Waals surface area contributed by atoms with E-state index < -0.39 is 0 Å². The molecule has 0 bridgehead atoms. The lowest BCUT2D eigenvalue weighted by molar-refractivity contribution is -0.113. The highest BCUT2D eigenvalue weighted by Gasteiger charge is 2.30. The number of furan rings is 1. The minimum Gasteiger partial charge on any atom is -0.508 e. The van der Waals surface area contributed by atoms with Crippen molar-refractivity contribution in [2.45, 2.75) is 33.6 Å². The van der Waals surface area contributed by atoms with Gasteiger partial charge >= 0.3 is 0 Å². The third kappa shape index (κ3) is 2.73. The number of phenolic OH excluding ortho intramolecular Hbond substituents is 1. The van der Waals surface area contributed by atoms with Gasteiger partial charge in [0, 0.05) is 6.08 Å². The summed E-state index contributed by atoms with van der Waals surface area (Å²) in [7, 11) is 0. The maximum atomic E-state index is 12.3. The van der Waals surface area contributed by atoms with Crippen molar-refractivity contribution in [1.82, 2.24) is 0 Å². The minimum absolute atomic E-state index is 0.164. The van der Waals surface area contributed by atoms with Gasteiger partial charge in [-0.25, -0.2) is 0 Å². The van der Waals surface area contributed by atoms with Crippen molar-refractivity contribution in [1.29, 1.82) is 0 Å². The number of nitrogens with zero attached hydrogens (tertiary/aromatic N) is 2. The first-order chi connectivity index (χ1) is 11.4. The van der Waals surface area contributed by atoms with Crippen LogP contribution in [0.25, 0.3) is 6.08 Å². The van der Waals surface area contributed by atoms with Crippen LogP contribution in [0.3, 0.4) is 0 Å². The Morgan fingerprint density at radius 3 is 2.67 bits per heavy atom. The SMILES string of the molecule is CC1=NC(=O)/C(=C\c2ccco2)N1c1cc(C(C)C)c(O)cc1C. The second-order valence-corrected chi connectivity index (χ2v) is 6.20. The monoisotopic (exact) mass is 324 g/mol. The molecule has 5 nitrogen and oxygen atoms in total. The number of anilines is 1. The number of hydrogen-bond donors (Lipinski definition) is 1. The molecule has 1 aromatic heterocycles. The van der Waals surface area contributed by atoms with Crippen LogP contribution in [0.15, 0.2) is 45.6 Å². The fourth-order valence-corrected chi connectivity index (χ4v) is 2.86. The van der Waals surface area contributed by atoms with E-state index in [1.165, 1.54) is 0 Å². The molecule has 24 heavy (non-hydrogen) atoms. The molecule has 3 rings (SSSR count). The molecule has 0 fully saturated rings. The maximum Gasteiger partial charge on any atom is 0.295 e. The Labute approximate surface area is 140 Å². The van der Waals surface area contributed by atoms with Crippen LogP contribution in [0.1, 0.15) is 43.6 Å². The van der Waals surface area contributed by atoms with Gasteiger partial charge in [0.05, 0.1) is 12.0 Å². The predicted octanol–water partition coefficient (Wildman–Crippen LogP) is 4.22. The standard InChI is InChI=1S/C19H20N2O3/c1-11(2)15-10-16(12(3)8-18(15)22)21-13(4)20-19(23)17(21)9-14-6-5-7-24-14/h5-11,22H,1-4H3/b17-9+. The Kier molecular flexibility index (Phi) is 4.01. The number of benzene rings is 1. The zero-order chi connectivity index (χ0) is 17.4. The molecule has 0 radical (unpaired) electrons. The van der Waals surface area contributed by atoms with E-state index in [-0.39, 0.29) is 17.6 Å². The molecule has 0 spiro atoms. The molecule has 1 N–H and O–H groups in total. The maximum absolute atomic E-state index is 12.3. The van der Waals surface area contributed by atoms with E-state index in [0.29, 0.717) is 17.3 Å². The third-order valence-electron chi connectivity index (χ3n) is 4.08. The average Bonchev–Trinajstić information content (AvgIpc) is 3.09. The van der Waals surface area contributed by atoms with Crippen molar-refractivity contribution in [2.24, 2.45) is 4.99 Å². The summed E-state index contributed by atoms with van der Waals surface area (Å²) in [5.74, 6) is 1.32. The Morgan fingerprint density at radius 2 is 2.04 bits per heavy atom. The van der Waals surface area contributed by atoms with Crippen molar-refractivity contribution >= 4 is 23.5 Å². The number of rotatable bonds is 3. The third-order valence-corrected chi connectivity index (χ3v) is 4.08. The molecule has 2 heterocycles. The van der Waals surface area contributed by atoms with Crippen LogP contribution in [-0.4, -0.2) is 16.8 Å². The Balaban J connectivity index is 2.14. The van der Waals surface area contributed by atoms with Gasteiger partial charge in [-0.15, -0.1) is 0 Å². The van der Waals surface area contributed by atoms with E-state index in [9.17, 15) is 9.90 Å². The molecule has 0 aliphatic carbocycles. The van der Waals surface area contributed by atoms with E-state index in [2.05, 4.69) is 4.99 Å². The van der Waals surface area contributed by atoms with Crippen molar-refractivity contribution in [3.8, 4) is 5.75 Å². The van der Waals surface area contributed by atoms with Crippen molar-refractivity contribution < 1.29 is 14.3 Å². The molecule has 1 aromatic carbocycles. The van der Waals surface area contributed by atoms with Crippen LogP contribution >= 0.6 is 0 Å². The first-order valence-corrected chi connectivity index (χ1v) is 7.87. The van der Waals surface area contributed by atoms with Crippen LogP contribution in [-0.2, 0) is 4.79 Å². The number of hydrogen-bond acceptors (Lipinski definition) is 4. The highest BCUT2D eigenvalue weighted by molar-refractivity contribution is 6.22. The van der Waals surface area contributed by atoms with E-state index in [1.54, 1.807) is 37.5 Å². The number of amidine groups is 1. The number of phenols is 1.